The minimum absolute atomic E-state index is 0.0958. The Labute approximate surface area is 173 Å². The Bertz CT molecular complexity index is 1290. The van der Waals surface area contributed by atoms with Gasteiger partial charge in [-0.15, -0.1) is 0 Å². The molecular weight excluding hydrogens is 352 g/mol. The maximum atomic E-state index is 6.38. The second-order valence-electron chi connectivity index (χ2n) is 9.85. The molecule has 29 heavy (non-hydrogen) atoms. The van der Waals surface area contributed by atoms with Crippen LogP contribution in [0.2, 0.25) is 0 Å². The quantitative estimate of drug-likeness (QED) is 0.326. The van der Waals surface area contributed by atoms with Crippen molar-refractivity contribution in [3.05, 3.63) is 77.4 Å². The molecule has 0 N–H and O–H groups in total. The molecule has 5 rings (SSSR count). The molecule has 0 radical (unpaired) electrons. The summed E-state index contributed by atoms with van der Waals surface area (Å²) in [5.74, 6) is 0.998. The van der Waals surface area contributed by atoms with E-state index in [0.29, 0.717) is 0 Å². The van der Waals surface area contributed by atoms with Crippen molar-refractivity contribution < 1.29 is 4.74 Å². The van der Waals surface area contributed by atoms with Crippen LogP contribution >= 0.6 is 0 Å². The average molecular weight is 381 g/mol. The molecule has 1 aliphatic heterocycles. The fraction of sp³-hybridized carbons (Fsp3) is 0.286. The summed E-state index contributed by atoms with van der Waals surface area (Å²) in [6, 6.07) is 22.1. The van der Waals surface area contributed by atoms with E-state index in [9.17, 15) is 0 Å². The van der Waals surface area contributed by atoms with E-state index in [1.807, 2.05) is 0 Å². The van der Waals surface area contributed by atoms with Crippen molar-refractivity contribution in [3.63, 3.8) is 0 Å². The van der Waals surface area contributed by atoms with Crippen molar-refractivity contribution in [3.8, 4) is 16.9 Å². The highest BCUT2D eigenvalue weighted by Gasteiger charge is 2.36. The van der Waals surface area contributed by atoms with Crippen LogP contribution in [0.3, 0.4) is 0 Å². The highest BCUT2D eigenvalue weighted by atomic mass is 16.5. The van der Waals surface area contributed by atoms with Crippen LogP contribution in [0.15, 0.2) is 60.7 Å². The van der Waals surface area contributed by atoms with E-state index in [0.717, 1.165) is 5.75 Å². The summed E-state index contributed by atoms with van der Waals surface area (Å²) < 4.78 is 6.38. The minimum Gasteiger partial charge on any atom is -0.482 e. The second-order valence-corrected chi connectivity index (χ2v) is 9.85. The fourth-order valence-corrected chi connectivity index (χ4v) is 5.08. The smallest absolute Gasteiger partial charge is 0.130 e. The van der Waals surface area contributed by atoms with E-state index in [1.165, 1.54) is 49.4 Å². The van der Waals surface area contributed by atoms with E-state index < -0.39 is 0 Å². The highest BCUT2D eigenvalue weighted by molar-refractivity contribution is 6.01. The number of hydrogen-bond donors (Lipinski definition) is 0. The number of rotatable bonds is 1. The molecule has 0 aliphatic carbocycles. The van der Waals surface area contributed by atoms with Gasteiger partial charge in [-0.05, 0) is 70.7 Å². The van der Waals surface area contributed by atoms with Crippen LogP contribution < -0.4 is 4.74 Å². The Morgan fingerprint density at radius 3 is 2.03 bits per heavy atom. The molecule has 1 heteroatoms. The van der Waals surface area contributed by atoms with Gasteiger partial charge in [-0.2, -0.15) is 0 Å². The molecule has 0 aromatic heterocycles. The molecule has 0 amide bonds. The van der Waals surface area contributed by atoms with Crippen molar-refractivity contribution in [2.75, 3.05) is 0 Å². The summed E-state index contributed by atoms with van der Waals surface area (Å²) in [7, 11) is 0. The van der Waals surface area contributed by atoms with Crippen LogP contribution in [0, 0.1) is 6.92 Å². The first-order chi connectivity index (χ1) is 13.7. The third kappa shape index (κ3) is 2.60. The highest BCUT2D eigenvalue weighted by Crippen LogP contribution is 2.49. The third-order valence-corrected chi connectivity index (χ3v) is 6.38. The van der Waals surface area contributed by atoms with Crippen molar-refractivity contribution in [1.29, 1.82) is 0 Å². The zero-order valence-electron chi connectivity index (χ0n) is 18.2. The summed E-state index contributed by atoms with van der Waals surface area (Å²) in [6.45, 7) is 13.5. The standard InChI is InChI=1S/C28H28O/c1-17-20(15-13-18-9-7-11-22(24(17)18)27(2,3)4)21-16-14-19-10-8-12-23-25(19)26(21)28(5,6)29-23/h7-16H,1-6H3. The fourth-order valence-electron chi connectivity index (χ4n) is 5.08. The van der Waals surface area contributed by atoms with Crippen molar-refractivity contribution in [2.45, 2.75) is 52.6 Å². The second kappa shape index (κ2) is 5.86. The van der Waals surface area contributed by atoms with Gasteiger partial charge in [0.2, 0.25) is 0 Å². The molecule has 1 nitrogen and oxygen atoms in total. The first kappa shape index (κ1) is 18.2. The third-order valence-electron chi connectivity index (χ3n) is 6.38. The Morgan fingerprint density at radius 1 is 0.724 bits per heavy atom. The van der Waals surface area contributed by atoms with E-state index >= 15 is 0 Å². The van der Waals surface area contributed by atoms with E-state index in [-0.39, 0.29) is 11.0 Å². The molecule has 0 fully saturated rings. The van der Waals surface area contributed by atoms with E-state index in [2.05, 4.69) is 102 Å². The maximum absolute atomic E-state index is 6.38. The monoisotopic (exact) mass is 380 g/mol. The van der Waals surface area contributed by atoms with Crippen LogP contribution in [0.5, 0.6) is 5.75 Å². The number of fused-ring (bicyclic) bond motifs is 1. The first-order valence-corrected chi connectivity index (χ1v) is 10.5. The predicted molar refractivity (Wildman–Crippen MR) is 124 cm³/mol. The number of ether oxygens (including phenoxy) is 1. The first-order valence-electron chi connectivity index (χ1n) is 10.5. The van der Waals surface area contributed by atoms with Crippen molar-refractivity contribution in [2.24, 2.45) is 0 Å². The maximum Gasteiger partial charge on any atom is 0.130 e. The SMILES string of the molecule is Cc1c(-c2ccc3cccc4c3c2C(C)(C)O4)ccc2cccc(C(C)(C)C)c12. The van der Waals surface area contributed by atoms with Gasteiger partial charge in [-0.1, -0.05) is 75.4 Å². The van der Waals surface area contributed by atoms with Gasteiger partial charge in [0, 0.05) is 10.9 Å². The Balaban J connectivity index is 1.88. The van der Waals surface area contributed by atoms with Gasteiger partial charge < -0.3 is 4.74 Å². The molecule has 4 aromatic carbocycles. The summed E-state index contributed by atoms with van der Waals surface area (Å²) in [4.78, 5) is 0. The molecule has 1 heterocycles. The Morgan fingerprint density at radius 2 is 1.34 bits per heavy atom. The Kier molecular flexibility index (Phi) is 3.68. The van der Waals surface area contributed by atoms with Gasteiger partial charge in [0.05, 0.1) is 0 Å². The topological polar surface area (TPSA) is 9.23 Å². The van der Waals surface area contributed by atoms with Crippen LogP contribution in [-0.4, -0.2) is 0 Å². The van der Waals surface area contributed by atoms with E-state index in [1.54, 1.807) is 0 Å². The lowest BCUT2D eigenvalue weighted by Crippen LogP contribution is -2.21. The summed E-state index contributed by atoms with van der Waals surface area (Å²) in [6.07, 6.45) is 0. The van der Waals surface area contributed by atoms with Crippen molar-refractivity contribution in [1.82, 2.24) is 0 Å². The number of benzene rings is 4. The largest absolute Gasteiger partial charge is 0.482 e. The summed E-state index contributed by atoms with van der Waals surface area (Å²) >= 11 is 0. The molecule has 1 aliphatic rings. The summed E-state index contributed by atoms with van der Waals surface area (Å²) in [5, 5.41) is 5.21. The Hall–Kier alpha value is -2.80. The zero-order chi connectivity index (χ0) is 20.6. The van der Waals surface area contributed by atoms with Crippen LogP contribution in [0.1, 0.15) is 51.3 Å². The zero-order valence-corrected chi connectivity index (χ0v) is 18.2. The molecule has 146 valence electrons. The molecule has 0 atom stereocenters. The molecule has 0 spiro atoms. The molecule has 4 aromatic rings. The van der Waals surface area contributed by atoms with Crippen LogP contribution in [0.25, 0.3) is 32.7 Å². The predicted octanol–water partition coefficient (Wildman–Crippen LogP) is 7.89. The van der Waals surface area contributed by atoms with Gasteiger partial charge in [0.25, 0.3) is 0 Å². The molecule has 0 saturated heterocycles. The lowest BCUT2D eigenvalue weighted by molar-refractivity contribution is 0.126. The summed E-state index contributed by atoms with van der Waals surface area (Å²) in [5.41, 5.74) is 6.41. The molecule has 0 saturated carbocycles. The average Bonchev–Trinajstić information content (AvgIpc) is 2.94. The van der Waals surface area contributed by atoms with Gasteiger partial charge >= 0.3 is 0 Å². The normalized spacial score (nSPS) is 15.1. The number of aryl methyl sites for hydroxylation is 1. The van der Waals surface area contributed by atoms with Gasteiger partial charge in [-0.25, -0.2) is 0 Å². The minimum atomic E-state index is -0.344. The van der Waals surface area contributed by atoms with Crippen molar-refractivity contribution >= 4 is 21.5 Å². The lowest BCUT2D eigenvalue weighted by atomic mass is 9.80. The van der Waals surface area contributed by atoms with Crippen LogP contribution in [-0.2, 0) is 11.0 Å². The lowest BCUT2D eigenvalue weighted by Gasteiger charge is -2.26. The van der Waals surface area contributed by atoms with Crippen LogP contribution in [0.4, 0.5) is 0 Å². The van der Waals surface area contributed by atoms with Gasteiger partial charge in [0.1, 0.15) is 11.4 Å². The van der Waals surface area contributed by atoms with Gasteiger partial charge in [-0.3, -0.25) is 0 Å². The van der Waals surface area contributed by atoms with E-state index in [4.69, 9.17) is 4.74 Å². The molecule has 0 unspecified atom stereocenters. The van der Waals surface area contributed by atoms with Gasteiger partial charge in [0.15, 0.2) is 0 Å². The molecular formula is C28H28O. The number of hydrogen-bond acceptors (Lipinski definition) is 1. The molecule has 0 bridgehead atoms.